The average Bonchev–Trinajstić information content (AvgIpc) is 1.72. The third kappa shape index (κ3) is 1.72. The zero-order chi connectivity index (χ0) is 45.9. The van der Waals surface area contributed by atoms with E-state index in [4.69, 9.17) is 0 Å². The van der Waals surface area contributed by atoms with Crippen molar-refractivity contribution in [3.05, 3.63) is 104 Å². The molecule has 2 unspecified atom stereocenters. The van der Waals surface area contributed by atoms with Crippen LogP contribution in [0.25, 0.3) is 280 Å². The molecule has 0 heteroatoms. The van der Waals surface area contributed by atoms with Crippen molar-refractivity contribution >= 4 is 280 Å². The Bertz CT molecular complexity index is 7370. The second-order valence-corrected chi connectivity index (χ2v) is 27.9. The number of hydrogen-bond donors (Lipinski definition) is 0. The van der Waals surface area contributed by atoms with Crippen LogP contribution in [0.1, 0.15) is 55.6 Å². The van der Waals surface area contributed by atoms with Gasteiger partial charge < -0.3 is 0 Å². The summed E-state index contributed by atoms with van der Waals surface area (Å²) in [5, 5.41) is 86.7. The molecule has 0 radical (unpaired) electrons. The normalized spacial score (nSPS) is 21.0. The molecule has 0 N–H and O–H groups in total. The Labute approximate surface area is 419 Å². The molecule has 0 aromatic heterocycles. The van der Waals surface area contributed by atoms with Gasteiger partial charge in [-0.05, 0) is 351 Å². The first-order valence-electron chi connectivity index (χ1n) is 28.6. The summed E-state index contributed by atoms with van der Waals surface area (Å²) in [6.07, 6.45) is 2.01. The molecule has 29 aromatic rings. The van der Waals surface area contributed by atoms with Gasteiger partial charge in [-0.1, -0.05) is 59.7 Å². The average molecular weight is 931 g/mol. The molecule has 322 valence electrons. The van der Waals surface area contributed by atoms with Gasteiger partial charge in [0.2, 0.25) is 0 Å². The highest BCUT2D eigenvalue weighted by Crippen LogP contribution is 2.84. The molecule has 0 spiro atoms. The molecule has 0 heterocycles. The van der Waals surface area contributed by atoms with Gasteiger partial charge in [0.25, 0.3) is 0 Å². The minimum atomic E-state index is -0.339. The van der Waals surface area contributed by atoms with Crippen LogP contribution in [0.15, 0.2) is 48.5 Å². The fourth-order valence-corrected chi connectivity index (χ4v) is 26.1. The summed E-state index contributed by atoms with van der Waals surface area (Å²) in [4.78, 5) is 0. The molecule has 0 bridgehead atoms. The molecule has 29 aromatic carbocycles. The summed E-state index contributed by atoms with van der Waals surface area (Å²) in [7, 11) is 0. The number of rotatable bonds is 4. The van der Waals surface area contributed by atoms with Gasteiger partial charge in [-0.15, -0.1) is 0 Å². The van der Waals surface area contributed by atoms with E-state index in [1.54, 1.807) is 313 Å². The van der Waals surface area contributed by atoms with E-state index in [0.717, 1.165) is 12.8 Å². The Morgan fingerprint density at radius 3 is 0.500 bits per heavy atom. The van der Waals surface area contributed by atoms with Crippen LogP contribution in [0, 0.1) is 13.8 Å². The molecule has 5 aliphatic rings. The lowest BCUT2D eigenvalue weighted by molar-refractivity contribution is 0.538. The highest BCUT2D eigenvalue weighted by Gasteiger charge is 2.66. The van der Waals surface area contributed by atoms with Crippen LogP contribution in [0.5, 0.6) is 0 Å². The van der Waals surface area contributed by atoms with Crippen molar-refractivity contribution in [1.82, 2.24) is 0 Å². The van der Waals surface area contributed by atoms with E-state index in [1.807, 2.05) is 0 Å². The number of aryl methyl sites for hydroxylation is 2. The maximum absolute atomic E-state index is 2.55. The smallest absolute Gasteiger partial charge is 0.0523 e. The maximum atomic E-state index is 2.55. The van der Waals surface area contributed by atoms with Crippen LogP contribution >= 0.6 is 0 Å². The van der Waals surface area contributed by atoms with E-state index in [0.29, 0.717) is 0 Å². The van der Waals surface area contributed by atoms with E-state index in [2.05, 4.69) is 62.4 Å². The first-order chi connectivity index (χ1) is 37.7. The predicted octanol–water partition coefficient (Wildman–Crippen LogP) is 20.1. The van der Waals surface area contributed by atoms with Gasteiger partial charge in [0.1, 0.15) is 0 Å². The third-order valence-corrected chi connectivity index (χ3v) is 26.7. The molecular weight excluding hydrogens is 913 g/mol. The van der Waals surface area contributed by atoms with Gasteiger partial charge in [-0.2, -0.15) is 0 Å². The van der Waals surface area contributed by atoms with Crippen molar-refractivity contribution in [2.45, 2.75) is 37.5 Å². The largest absolute Gasteiger partial charge is 0.0591 e. The minimum absolute atomic E-state index is 0.339. The zero-order valence-corrected chi connectivity index (χ0v) is 40.0. The third-order valence-electron chi connectivity index (χ3n) is 26.7. The van der Waals surface area contributed by atoms with Gasteiger partial charge >= 0.3 is 0 Å². The Hall–Kier alpha value is -9.10. The Morgan fingerprint density at radius 2 is 0.303 bits per heavy atom. The molecular formula is C76H18. The molecule has 2 atom stereocenters. The number of hydrogen-bond acceptors (Lipinski definition) is 0. The molecule has 0 amide bonds. The van der Waals surface area contributed by atoms with E-state index < -0.39 is 0 Å². The van der Waals surface area contributed by atoms with Crippen LogP contribution in [0.3, 0.4) is 0 Å². The molecule has 0 saturated heterocycles. The lowest BCUT2D eigenvalue weighted by Crippen LogP contribution is -2.45. The molecule has 0 saturated carbocycles. The van der Waals surface area contributed by atoms with Crippen LogP contribution in [-0.2, 0) is 23.7 Å². The zero-order valence-electron chi connectivity index (χ0n) is 40.0. The van der Waals surface area contributed by atoms with Gasteiger partial charge in [-0.3, -0.25) is 0 Å². The van der Waals surface area contributed by atoms with Crippen molar-refractivity contribution < 1.29 is 0 Å². The quantitative estimate of drug-likeness (QED) is 0.154. The monoisotopic (exact) mass is 930 g/mol. The number of benzene rings is 19. The Morgan fingerprint density at radius 1 is 0.171 bits per heavy atom. The lowest BCUT2D eigenvalue weighted by atomic mass is 9.51. The highest BCUT2D eigenvalue weighted by molar-refractivity contribution is 6.81. The van der Waals surface area contributed by atoms with Gasteiger partial charge in [0.15, 0.2) is 0 Å². The topological polar surface area (TPSA) is 0 Å². The van der Waals surface area contributed by atoms with Crippen LogP contribution < -0.4 is 0 Å². The summed E-state index contributed by atoms with van der Waals surface area (Å²) in [5.74, 6) is 0. The summed E-state index contributed by atoms with van der Waals surface area (Å²) in [6, 6.07) is 20.0. The van der Waals surface area contributed by atoms with E-state index in [9.17, 15) is 0 Å². The molecule has 0 nitrogen and oxygen atoms in total. The summed E-state index contributed by atoms with van der Waals surface area (Å²) >= 11 is 0. The van der Waals surface area contributed by atoms with Crippen LogP contribution in [0.2, 0.25) is 0 Å². The van der Waals surface area contributed by atoms with Gasteiger partial charge in [-0.25, -0.2) is 0 Å². The van der Waals surface area contributed by atoms with Crippen molar-refractivity contribution in [2.24, 2.45) is 0 Å². The molecule has 34 rings (SSSR count). The standard InChI is InChI=1S/C76H18/c1-13-3-7-15(8-4-13)11-75-69-61-52-45-32-25-19-20-22-18-17-21(19)30(32)36-34-23(17)27-24(18)35-37-31(22)33-26(20)29-28(25)39-47-40(29)49-46(33)53-51(37)55-42(35)44-38(27)43-41(34)54(50(36)52)65(69)67-56(43)57(44)68-66(55)70-62(53)59(49)64-60(47)63(58(61)48(39)45)71(75)72(64)76(70,74(68)73(67)75)12-16-9-5-14(2)6-10-16/h3-10H,11-12H2,1-2H3. The maximum Gasteiger partial charge on any atom is 0.0523 e. The van der Waals surface area contributed by atoms with Crippen molar-refractivity contribution in [1.29, 1.82) is 0 Å². The molecule has 0 aliphatic heterocycles. The second kappa shape index (κ2) is 7.02. The van der Waals surface area contributed by atoms with E-state index in [1.165, 1.54) is 22.3 Å². The summed E-state index contributed by atoms with van der Waals surface area (Å²) < 4.78 is 0. The fourth-order valence-electron chi connectivity index (χ4n) is 26.1. The second-order valence-electron chi connectivity index (χ2n) is 27.9. The van der Waals surface area contributed by atoms with E-state index in [-0.39, 0.29) is 10.8 Å². The van der Waals surface area contributed by atoms with Crippen LogP contribution in [-0.4, -0.2) is 0 Å². The first-order valence-corrected chi connectivity index (χ1v) is 28.6. The minimum Gasteiger partial charge on any atom is -0.0591 e. The SMILES string of the molecule is Cc1ccc(CC23c4c5c6c7c8c9c%10c%11c(c2c2c%12c3c3c%13c4c6c4c6c%13c%13c3c3c%12c%12c%14c2c%11c2c%11c%10c%10c8c8c7c4c4c6c6c%13c7c3c%12c3c(c%142)c2c%11c%10c%10c8c4c4c%10c2c3c7c64)C59Cc2ccc(C)cc2)cc1. The van der Waals surface area contributed by atoms with Crippen molar-refractivity contribution in [3.63, 3.8) is 0 Å². The summed E-state index contributed by atoms with van der Waals surface area (Å²) in [6.45, 7) is 4.59. The summed E-state index contributed by atoms with van der Waals surface area (Å²) in [5.41, 5.74) is 15.5. The van der Waals surface area contributed by atoms with Crippen molar-refractivity contribution in [3.8, 4) is 0 Å². The molecule has 76 heavy (non-hydrogen) atoms. The van der Waals surface area contributed by atoms with E-state index >= 15 is 0 Å². The Kier molecular flexibility index (Phi) is 2.74. The fraction of sp³-hybridized carbons (Fsp3) is 0.0789. The van der Waals surface area contributed by atoms with Gasteiger partial charge in [0.05, 0.1) is 10.8 Å². The lowest BCUT2D eigenvalue weighted by Gasteiger charge is -2.49. The highest BCUT2D eigenvalue weighted by atomic mass is 14.7. The predicted molar refractivity (Wildman–Crippen MR) is 322 cm³/mol. The first kappa shape index (κ1) is 29.7. The van der Waals surface area contributed by atoms with Crippen molar-refractivity contribution in [2.75, 3.05) is 0 Å². The molecule has 0 fully saturated rings. The molecule has 5 aliphatic carbocycles. The van der Waals surface area contributed by atoms with Gasteiger partial charge in [0, 0.05) is 0 Å². The van der Waals surface area contributed by atoms with Crippen LogP contribution in [0.4, 0.5) is 0 Å². The Balaban J connectivity index is 1.11.